The maximum absolute atomic E-state index is 12.6. The summed E-state index contributed by atoms with van der Waals surface area (Å²) in [5.41, 5.74) is 8.56. The molecule has 2 saturated heterocycles. The molecule has 13 N–H and O–H groups in total. The van der Waals surface area contributed by atoms with E-state index in [1.807, 2.05) is 0 Å². The van der Waals surface area contributed by atoms with Gasteiger partial charge < -0.3 is 50.7 Å². The minimum absolute atomic E-state index is 0.0864. The first-order valence-corrected chi connectivity index (χ1v) is 18.9. The number of aromatic nitrogens is 4. The number of β-amino-alcohol motifs (C(OH)–C–C–N with tert-alkyl or cyclic N) is 1. The number of hydrogen-bond donors (Lipinski definition) is 12. The molecule has 0 saturated carbocycles. The fourth-order valence-corrected chi connectivity index (χ4v) is 8.30. The molecule has 2 fully saturated rings. The number of ether oxygens (including phenoxy) is 1. The number of phosphoric acid groups is 2. The second kappa shape index (κ2) is 13.8. The van der Waals surface area contributed by atoms with Crippen LogP contribution in [0.1, 0.15) is 5.56 Å². The Kier molecular flexibility index (Phi) is 9.77. The first-order valence-electron chi connectivity index (χ1n) is 15.9. The van der Waals surface area contributed by atoms with E-state index in [1.54, 1.807) is 24.1 Å². The van der Waals surface area contributed by atoms with Gasteiger partial charge in [-0.15, -0.1) is 0 Å². The number of nitrogens with zero attached hydrogens (tertiary/aromatic N) is 5. The molecule has 6 heterocycles. The highest BCUT2D eigenvalue weighted by molar-refractivity contribution is 7.61. The number of hydrogen-bond acceptors (Lipinski definition) is 20. The molecule has 54 heavy (non-hydrogen) atoms. The molecular formula is C27H35N10O15P2+. The van der Waals surface area contributed by atoms with Crippen molar-refractivity contribution in [3.8, 4) is 0 Å². The molecule has 25 nitrogen and oxygen atoms in total. The number of benzene rings is 1. The van der Waals surface area contributed by atoms with Crippen LogP contribution in [0, 0.1) is 6.92 Å². The molecular weight excluding hydrogens is 766 g/mol. The summed E-state index contributed by atoms with van der Waals surface area (Å²) < 4.78 is 44.4. The molecule has 2 aromatic heterocycles. The molecule has 0 bridgehead atoms. The van der Waals surface area contributed by atoms with Gasteiger partial charge in [0, 0.05) is 6.07 Å². The number of nitrogens with one attached hydrogen (secondary N) is 4. The summed E-state index contributed by atoms with van der Waals surface area (Å²) in [6.45, 7) is 2.97. The maximum atomic E-state index is 12.6. The van der Waals surface area contributed by atoms with Gasteiger partial charge in [-0.3, -0.25) is 33.7 Å². The number of nitrogen functional groups attached to an aromatic ring is 1. The van der Waals surface area contributed by atoms with Gasteiger partial charge in [-0.1, -0.05) is 6.58 Å². The lowest BCUT2D eigenvalue weighted by Crippen LogP contribution is -2.76. The second-order valence-electron chi connectivity index (χ2n) is 12.7. The van der Waals surface area contributed by atoms with E-state index in [0.717, 1.165) is 5.56 Å². The Labute approximate surface area is 301 Å². The van der Waals surface area contributed by atoms with Crippen molar-refractivity contribution < 1.29 is 67.5 Å². The fourth-order valence-electron chi connectivity index (χ4n) is 6.21. The third kappa shape index (κ3) is 7.07. The first-order chi connectivity index (χ1) is 25.4. The summed E-state index contributed by atoms with van der Waals surface area (Å²) in [7, 11) is -11.0. The van der Waals surface area contributed by atoms with E-state index in [9.17, 15) is 54.0 Å². The summed E-state index contributed by atoms with van der Waals surface area (Å²) >= 11 is 0. The zero-order valence-electron chi connectivity index (χ0n) is 27.8. The van der Waals surface area contributed by atoms with E-state index < -0.39 is 95.8 Å². The summed E-state index contributed by atoms with van der Waals surface area (Å²) in [4.78, 5) is 63.1. The second-order valence-corrected chi connectivity index (χ2v) is 15.7. The molecule has 1 aromatic carbocycles. The highest BCUT2D eigenvalue weighted by atomic mass is 31.3. The van der Waals surface area contributed by atoms with E-state index >= 15 is 0 Å². The molecule has 0 aliphatic carbocycles. The van der Waals surface area contributed by atoms with Crippen LogP contribution in [0.4, 0.5) is 34.5 Å². The summed E-state index contributed by atoms with van der Waals surface area (Å²) in [6.07, 6.45) is -11.5. The zero-order chi connectivity index (χ0) is 39.0. The minimum Gasteiger partial charge on any atom is -0.388 e. The van der Waals surface area contributed by atoms with Crippen LogP contribution < -0.4 is 52.8 Å². The predicted molar refractivity (Wildman–Crippen MR) is 180 cm³/mol. The van der Waals surface area contributed by atoms with Crippen LogP contribution in [0.5, 0.6) is 0 Å². The van der Waals surface area contributed by atoms with Gasteiger partial charge in [-0.2, -0.15) is 14.7 Å². The smallest absolute Gasteiger partial charge is 0.388 e. The van der Waals surface area contributed by atoms with Gasteiger partial charge in [0.2, 0.25) is 5.36 Å². The van der Waals surface area contributed by atoms with Gasteiger partial charge in [0.05, 0.1) is 19.8 Å². The molecule has 0 radical (unpaired) electrons. The lowest BCUT2D eigenvalue weighted by molar-refractivity contribution is -0.404. The highest BCUT2D eigenvalue weighted by Gasteiger charge is 2.58. The minimum atomic E-state index is -5.54. The summed E-state index contributed by atoms with van der Waals surface area (Å²) in [5, 5.41) is 55.9. The van der Waals surface area contributed by atoms with Crippen LogP contribution in [0.2, 0.25) is 0 Å². The van der Waals surface area contributed by atoms with Crippen molar-refractivity contribution in [2.24, 2.45) is 0 Å². The Morgan fingerprint density at radius 1 is 1.07 bits per heavy atom. The number of aliphatic hydroxyl groups excluding tert-OH is 5. The number of aryl methyl sites for hydroxylation is 1. The van der Waals surface area contributed by atoms with Crippen molar-refractivity contribution >= 4 is 56.7 Å². The molecule has 27 heteroatoms. The van der Waals surface area contributed by atoms with Gasteiger partial charge in [0.25, 0.3) is 0 Å². The van der Waals surface area contributed by atoms with Crippen molar-refractivity contribution in [1.82, 2.24) is 25.4 Å². The van der Waals surface area contributed by atoms with Gasteiger partial charge in [-0.05, 0) is 23.8 Å². The van der Waals surface area contributed by atoms with E-state index in [0.29, 0.717) is 22.0 Å². The maximum Gasteiger partial charge on any atom is 0.481 e. The number of rotatable bonds is 13. The monoisotopic (exact) mass is 801 g/mol. The van der Waals surface area contributed by atoms with E-state index in [2.05, 4.69) is 45.8 Å². The van der Waals surface area contributed by atoms with Crippen molar-refractivity contribution in [2.75, 3.05) is 40.3 Å². The lowest BCUT2D eigenvalue weighted by atomic mass is 10.1. The molecule has 0 amide bonds. The zero-order valence-corrected chi connectivity index (χ0v) is 29.6. The van der Waals surface area contributed by atoms with Crippen molar-refractivity contribution in [1.29, 1.82) is 0 Å². The Hall–Kier alpha value is -4.17. The summed E-state index contributed by atoms with van der Waals surface area (Å²) in [6, 6.07) is 3.25. The largest absolute Gasteiger partial charge is 0.481 e. The number of phosphoric ester groups is 2. The molecule has 0 spiro atoms. The van der Waals surface area contributed by atoms with Crippen LogP contribution in [0.15, 0.2) is 28.0 Å². The first kappa shape index (κ1) is 38.1. The summed E-state index contributed by atoms with van der Waals surface area (Å²) in [5.74, 6) is 0.316. The number of aromatic amines is 2. The van der Waals surface area contributed by atoms with Crippen LogP contribution in [0.3, 0.4) is 0 Å². The number of fused-ring (bicyclic) bond motifs is 5. The van der Waals surface area contributed by atoms with Crippen LogP contribution in [0.25, 0.3) is 6.58 Å². The van der Waals surface area contributed by atoms with Crippen LogP contribution in [-0.4, -0.2) is 124 Å². The van der Waals surface area contributed by atoms with E-state index in [4.69, 9.17) is 15.0 Å². The topological polar surface area (TPSA) is 376 Å². The normalized spacial score (nSPS) is 26.4. The molecule has 10 atom stereocenters. The van der Waals surface area contributed by atoms with Gasteiger partial charge in [0.1, 0.15) is 54.3 Å². The predicted octanol–water partition coefficient (Wildman–Crippen LogP) is -6.45. The lowest BCUT2D eigenvalue weighted by Gasteiger charge is -2.30. The third-order valence-electron chi connectivity index (χ3n) is 9.00. The quantitative estimate of drug-likeness (QED) is 0.0565. The van der Waals surface area contributed by atoms with Crippen molar-refractivity contribution in [2.45, 2.75) is 56.1 Å². The molecule has 3 aromatic rings. The Morgan fingerprint density at radius 2 is 1.80 bits per heavy atom. The number of hydrazine groups is 1. The van der Waals surface area contributed by atoms with Crippen molar-refractivity contribution in [3.05, 3.63) is 55.4 Å². The van der Waals surface area contributed by atoms with Crippen LogP contribution in [-0.2, 0) is 27.2 Å². The van der Waals surface area contributed by atoms with Crippen molar-refractivity contribution in [3.63, 3.8) is 0 Å². The van der Waals surface area contributed by atoms with Gasteiger partial charge in [-0.25, -0.2) is 23.9 Å². The number of H-pyrrole nitrogens is 2. The number of anilines is 5. The average molecular weight is 802 g/mol. The molecule has 2 unspecified atom stereocenters. The highest BCUT2D eigenvalue weighted by Crippen LogP contribution is 2.60. The van der Waals surface area contributed by atoms with Gasteiger partial charge >= 0.3 is 32.6 Å². The Bertz CT molecular complexity index is 2320. The molecule has 4 aliphatic rings. The molecule has 7 rings (SSSR count). The number of aliphatic hydroxyl groups is 5. The van der Waals surface area contributed by atoms with Crippen LogP contribution >= 0.6 is 15.6 Å². The SMILES string of the molecule is C=c1cc2c(cc1C)=[NH+]c1c([nH]c(=O)[nH]c1=O)N2C[C@H](O)[C@H](O)[C@H](O)COP(=O)(O)OP(=O)(O)OC[C@H]1O[C@@H](N2c3ncnc(N)c3N3N[C@@H]32)[C@H](O)[C@@H]1O. The molecule has 292 valence electrons. The third-order valence-corrected chi connectivity index (χ3v) is 11.6. The Balaban J connectivity index is 0.947. The molecule has 4 aliphatic heterocycles. The van der Waals surface area contributed by atoms with E-state index in [-0.39, 0.29) is 23.1 Å². The average Bonchev–Trinajstić information content (AvgIpc) is 3.72. The Morgan fingerprint density at radius 3 is 2.54 bits per heavy atom. The standard InChI is InChI=1S/C27H34N10O15P2/c1-9-3-11-12(4-10(9)2)35(22-16(31-11)24(43)33-26(44)32-22)5-13(38)18(40)14(39)6-49-53(45,46)52-54(47,48)50-7-15-19(41)20(42)25(51-15)36-23-17(37-27(36)34-37)21(28)29-8-30-23/h3-4,8,13-15,18-20,25,27,34,38-42H,2,5-7H2,1H3,(H,45,46)(H,47,48)(H2,28,29,30)(H2,32,33,43,44)/p+1/t13-,14+,15+,18-,19+,20+,25+,27+,37?/m0/s1. The van der Waals surface area contributed by atoms with Gasteiger partial charge in [0.15, 0.2) is 30.0 Å². The van der Waals surface area contributed by atoms with E-state index in [1.165, 1.54) is 16.1 Å². The fraction of sp³-hybridized carbons (Fsp3) is 0.444. The number of nitrogens with two attached hydrogens (primary N) is 1.